The Morgan fingerprint density at radius 2 is 1.05 bits per heavy atom. The lowest BCUT2D eigenvalue weighted by atomic mass is 10.1. The molecule has 0 aromatic carbocycles. The molecule has 0 saturated heterocycles. The Balaban J connectivity index is 3.83. The SMILES string of the molecule is CNCC(=O)NCC(=O)NCC(=O)NCC(=O)NC(C)(C)C. The molecule has 0 fully saturated rings. The van der Waals surface area contributed by atoms with E-state index in [1.165, 1.54) is 0 Å². The maximum absolute atomic E-state index is 11.5. The van der Waals surface area contributed by atoms with Crippen molar-refractivity contribution in [2.24, 2.45) is 0 Å². The van der Waals surface area contributed by atoms with Gasteiger partial charge in [0.05, 0.1) is 26.2 Å². The largest absolute Gasteiger partial charge is 0.350 e. The molecule has 4 amide bonds. The van der Waals surface area contributed by atoms with Gasteiger partial charge in [0, 0.05) is 5.54 Å². The molecule has 0 unspecified atom stereocenters. The predicted molar refractivity (Wildman–Crippen MR) is 80.9 cm³/mol. The van der Waals surface area contributed by atoms with Crippen molar-refractivity contribution in [3.05, 3.63) is 0 Å². The number of hydrogen-bond acceptors (Lipinski definition) is 5. The van der Waals surface area contributed by atoms with Crippen molar-refractivity contribution in [2.45, 2.75) is 26.3 Å². The average Bonchev–Trinajstić information content (AvgIpc) is 2.39. The van der Waals surface area contributed by atoms with Gasteiger partial charge in [0.15, 0.2) is 0 Å². The standard InChI is InChI=1S/C13H25N5O4/c1-13(2,3)18-12(22)8-17-11(21)7-16-10(20)6-15-9(19)5-14-4/h14H,5-8H2,1-4H3,(H,15,19)(H,16,20)(H,17,21)(H,18,22). The zero-order chi connectivity index (χ0) is 17.2. The van der Waals surface area contributed by atoms with E-state index < -0.39 is 11.8 Å². The van der Waals surface area contributed by atoms with Crippen molar-refractivity contribution in [1.82, 2.24) is 26.6 Å². The van der Waals surface area contributed by atoms with Crippen molar-refractivity contribution >= 4 is 23.6 Å². The van der Waals surface area contributed by atoms with Crippen LogP contribution < -0.4 is 26.6 Å². The van der Waals surface area contributed by atoms with E-state index in [1.54, 1.807) is 7.05 Å². The molecule has 126 valence electrons. The van der Waals surface area contributed by atoms with Gasteiger partial charge in [-0.3, -0.25) is 19.2 Å². The zero-order valence-corrected chi connectivity index (χ0v) is 13.5. The topological polar surface area (TPSA) is 128 Å². The van der Waals surface area contributed by atoms with Crippen LogP contribution in [0.3, 0.4) is 0 Å². The minimum Gasteiger partial charge on any atom is -0.350 e. The van der Waals surface area contributed by atoms with Crippen molar-refractivity contribution < 1.29 is 19.2 Å². The lowest BCUT2D eigenvalue weighted by Crippen LogP contribution is -2.48. The second-order valence-electron chi connectivity index (χ2n) is 5.66. The molecule has 0 atom stereocenters. The number of rotatable bonds is 8. The first-order valence-electron chi connectivity index (χ1n) is 6.89. The monoisotopic (exact) mass is 315 g/mol. The van der Waals surface area contributed by atoms with Crippen molar-refractivity contribution in [3.8, 4) is 0 Å². The Bertz CT molecular complexity index is 417. The molecule has 0 bridgehead atoms. The predicted octanol–water partition coefficient (Wildman–Crippen LogP) is -2.53. The van der Waals surface area contributed by atoms with Crippen LogP contribution in [0.2, 0.25) is 0 Å². The lowest BCUT2D eigenvalue weighted by Gasteiger charge is -2.20. The van der Waals surface area contributed by atoms with E-state index in [0.717, 1.165) is 0 Å². The van der Waals surface area contributed by atoms with Crippen LogP contribution in [0.4, 0.5) is 0 Å². The number of likely N-dealkylation sites (N-methyl/N-ethyl adjacent to an activating group) is 1. The second kappa shape index (κ2) is 9.72. The fourth-order valence-corrected chi connectivity index (χ4v) is 1.35. The van der Waals surface area contributed by atoms with Gasteiger partial charge >= 0.3 is 0 Å². The summed E-state index contributed by atoms with van der Waals surface area (Å²) in [5.74, 6) is -1.61. The van der Waals surface area contributed by atoms with E-state index >= 15 is 0 Å². The number of carbonyl (C=O) groups is 4. The first-order chi connectivity index (χ1) is 10.1. The summed E-state index contributed by atoms with van der Waals surface area (Å²) in [6.07, 6.45) is 0. The van der Waals surface area contributed by atoms with Gasteiger partial charge in [-0.05, 0) is 27.8 Å². The van der Waals surface area contributed by atoms with Gasteiger partial charge in [0.2, 0.25) is 23.6 Å². The molecule has 0 aromatic rings. The van der Waals surface area contributed by atoms with Crippen LogP contribution in [-0.2, 0) is 19.2 Å². The van der Waals surface area contributed by atoms with E-state index in [9.17, 15) is 19.2 Å². The van der Waals surface area contributed by atoms with Crippen LogP contribution in [0.15, 0.2) is 0 Å². The Morgan fingerprint density at radius 1 is 0.682 bits per heavy atom. The highest BCUT2D eigenvalue weighted by molar-refractivity contribution is 5.90. The lowest BCUT2D eigenvalue weighted by molar-refractivity contribution is -0.128. The molecule has 9 nitrogen and oxygen atoms in total. The number of hydrogen-bond donors (Lipinski definition) is 5. The Hall–Kier alpha value is -2.16. The smallest absolute Gasteiger partial charge is 0.239 e. The zero-order valence-electron chi connectivity index (χ0n) is 13.5. The average molecular weight is 315 g/mol. The van der Waals surface area contributed by atoms with Crippen molar-refractivity contribution in [2.75, 3.05) is 33.2 Å². The van der Waals surface area contributed by atoms with E-state index in [-0.39, 0.29) is 43.5 Å². The number of carbonyl (C=O) groups excluding carboxylic acids is 4. The molecule has 9 heteroatoms. The molecular weight excluding hydrogens is 290 g/mol. The van der Waals surface area contributed by atoms with Gasteiger partial charge in [0.1, 0.15) is 0 Å². The first-order valence-corrected chi connectivity index (χ1v) is 6.89. The molecule has 0 aliphatic rings. The highest BCUT2D eigenvalue weighted by Gasteiger charge is 2.14. The minimum absolute atomic E-state index is 0.108. The van der Waals surface area contributed by atoms with Gasteiger partial charge in [0.25, 0.3) is 0 Å². The molecule has 0 aliphatic heterocycles. The van der Waals surface area contributed by atoms with E-state index in [0.29, 0.717) is 0 Å². The van der Waals surface area contributed by atoms with Crippen LogP contribution in [0, 0.1) is 0 Å². The molecule has 5 N–H and O–H groups in total. The van der Waals surface area contributed by atoms with E-state index in [1.807, 2.05) is 20.8 Å². The second-order valence-corrected chi connectivity index (χ2v) is 5.66. The summed E-state index contributed by atoms with van der Waals surface area (Å²) < 4.78 is 0. The van der Waals surface area contributed by atoms with Gasteiger partial charge in [-0.2, -0.15) is 0 Å². The Kier molecular flexibility index (Phi) is 8.76. The van der Waals surface area contributed by atoms with Crippen LogP contribution in [0.5, 0.6) is 0 Å². The molecule has 0 rings (SSSR count). The van der Waals surface area contributed by atoms with Crippen LogP contribution in [0.1, 0.15) is 20.8 Å². The van der Waals surface area contributed by atoms with Crippen LogP contribution in [0.25, 0.3) is 0 Å². The molecule has 22 heavy (non-hydrogen) atoms. The van der Waals surface area contributed by atoms with Crippen LogP contribution in [-0.4, -0.2) is 62.4 Å². The molecule has 0 saturated carbocycles. The summed E-state index contributed by atoms with van der Waals surface area (Å²) in [5.41, 5.74) is -0.373. The van der Waals surface area contributed by atoms with Crippen LogP contribution >= 0.6 is 0 Å². The Labute approximate surface area is 130 Å². The molecule has 0 heterocycles. The van der Waals surface area contributed by atoms with E-state index in [4.69, 9.17) is 0 Å². The summed E-state index contributed by atoms with van der Waals surface area (Å²) in [6, 6.07) is 0. The quantitative estimate of drug-likeness (QED) is 0.337. The summed E-state index contributed by atoms with van der Waals surface area (Å²) in [6.45, 7) is 4.96. The van der Waals surface area contributed by atoms with Crippen molar-refractivity contribution in [1.29, 1.82) is 0 Å². The van der Waals surface area contributed by atoms with E-state index in [2.05, 4.69) is 26.6 Å². The number of amides is 4. The molecular formula is C13H25N5O4. The normalized spacial score (nSPS) is 10.5. The highest BCUT2D eigenvalue weighted by atomic mass is 16.2. The number of nitrogens with one attached hydrogen (secondary N) is 5. The van der Waals surface area contributed by atoms with Gasteiger partial charge < -0.3 is 26.6 Å². The Morgan fingerprint density at radius 3 is 1.41 bits per heavy atom. The van der Waals surface area contributed by atoms with Gasteiger partial charge in [-0.15, -0.1) is 0 Å². The summed E-state index contributed by atoms with van der Waals surface area (Å²) >= 11 is 0. The molecule has 0 aromatic heterocycles. The van der Waals surface area contributed by atoms with Gasteiger partial charge in [-0.1, -0.05) is 0 Å². The first kappa shape index (κ1) is 19.8. The third kappa shape index (κ3) is 11.6. The van der Waals surface area contributed by atoms with Gasteiger partial charge in [-0.25, -0.2) is 0 Å². The summed E-state index contributed by atoms with van der Waals surface area (Å²) in [4.78, 5) is 45.4. The highest BCUT2D eigenvalue weighted by Crippen LogP contribution is 1.96. The maximum Gasteiger partial charge on any atom is 0.239 e. The molecule has 0 radical (unpaired) electrons. The maximum atomic E-state index is 11.5. The molecule has 0 aliphatic carbocycles. The minimum atomic E-state index is -0.487. The fourth-order valence-electron chi connectivity index (χ4n) is 1.35. The third-order valence-corrected chi connectivity index (χ3v) is 2.19. The molecule has 0 spiro atoms. The summed E-state index contributed by atoms with van der Waals surface area (Å²) in [5, 5.41) is 12.4. The summed E-state index contributed by atoms with van der Waals surface area (Å²) in [7, 11) is 1.61. The fraction of sp³-hybridized carbons (Fsp3) is 0.692. The van der Waals surface area contributed by atoms with Crippen molar-refractivity contribution in [3.63, 3.8) is 0 Å². The third-order valence-electron chi connectivity index (χ3n) is 2.19.